The van der Waals surface area contributed by atoms with Crippen LogP contribution < -0.4 is 16.4 Å². The van der Waals surface area contributed by atoms with E-state index in [1.54, 1.807) is 39.3 Å². The smallest absolute Gasteiger partial charge is 0.274 e. The van der Waals surface area contributed by atoms with Crippen molar-refractivity contribution < 1.29 is 10.0 Å². The molecule has 0 saturated heterocycles. The zero-order valence-electron chi connectivity index (χ0n) is 15.4. The van der Waals surface area contributed by atoms with Gasteiger partial charge in [-0.3, -0.25) is 14.8 Å². The third-order valence-corrected chi connectivity index (χ3v) is 4.64. The molecule has 1 amide bonds. The first kappa shape index (κ1) is 18.5. The van der Waals surface area contributed by atoms with Gasteiger partial charge in [-0.15, -0.1) is 0 Å². The lowest BCUT2D eigenvalue weighted by atomic mass is 10.1. The summed E-state index contributed by atoms with van der Waals surface area (Å²) >= 11 is 0. The van der Waals surface area contributed by atoms with Crippen LogP contribution in [0.15, 0.2) is 78.0 Å². The molecular weight excluding hydrogens is 370 g/mol. The maximum atomic E-state index is 12.8. The third-order valence-electron chi connectivity index (χ3n) is 4.64. The SMILES string of the molecule is O=C(NO)c1ccc2ccn(CCNc3cccc(-n4cccn4)c3)c(=O)c2c1. The Balaban J connectivity index is 1.50. The number of aromatic nitrogens is 3. The van der Waals surface area contributed by atoms with Gasteiger partial charge in [-0.2, -0.15) is 5.10 Å². The van der Waals surface area contributed by atoms with Crippen LogP contribution in [0.3, 0.4) is 0 Å². The molecular formula is C21H19N5O3. The number of fused-ring (bicyclic) bond motifs is 1. The predicted octanol–water partition coefficient (Wildman–Crippen LogP) is 2.42. The average molecular weight is 389 g/mol. The number of benzene rings is 2. The van der Waals surface area contributed by atoms with Crippen molar-refractivity contribution in [2.45, 2.75) is 6.54 Å². The normalized spacial score (nSPS) is 10.8. The lowest BCUT2D eigenvalue weighted by Crippen LogP contribution is -2.24. The summed E-state index contributed by atoms with van der Waals surface area (Å²) in [6, 6.07) is 16.3. The largest absolute Gasteiger partial charge is 0.383 e. The number of amides is 1. The van der Waals surface area contributed by atoms with Crippen LogP contribution in [0.25, 0.3) is 16.5 Å². The lowest BCUT2D eigenvalue weighted by molar-refractivity contribution is 0.0706. The molecule has 0 fully saturated rings. The van der Waals surface area contributed by atoms with E-state index in [9.17, 15) is 9.59 Å². The maximum absolute atomic E-state index is 12.8. The average Bonchev–Trinajstić information content (AvgIpc) is 3.30. The molecule has 8 nitrogen and oxygen atoms in total. The predicted molar refractivity (Wildman–Crippen MR) is 110 cm³/mol. The maximum Gasteiger partial charge on any atom is 0.274 e. The van der Waals surface area contributed by atoms with Crippen molar-refractivity contribution in [2.24, 2.45) is 0 Å². The topological polar surface area (TPSA) is 101 Å². The van der Waals surface area contributed by atoms with Crippen LogP contribution in [-0.2, 0) is 6.54 Å². The van der Waals surface area contributed by atoms with Crippen molar-refractivity contribution >= 4 is 22.4 Å². The number of hydrogen-bond acceptors (Lipinski definition) is 5. The highest BCUT2D eigenvalue weighted by Crippen LogP contribution is 2.14. The molecule has 0 unspecified atom stereocenters. The zero-order valence-corrected chi connectivity index (χ0v) is 15.4. The molecule has 0 bridgehead atoms. The molecule has 0 aliphatic rings. The van der Waals surface area contributed by atoms with Crippen LogP contribution in [0.1, 0.15) is 10.4 Å². The molecule has 8 heteroatoms. The van der Waals surface area contributed by atoms with Gasteiger partial charge in [0.15, 0.2) is 0 Å². The monoisotopic (exact) mass is 389 g/mol. The highest BCUT2D eigenvalue weighted by atomic mass is 16.5. The Bertz CT molecular complexity index is 1210. The van der Waals surface area contributed by atoms with E-state index in [0.717, 1.165) is 16.8 Å². The molecule has 2 aromatic carbocycles. The zero-order chi connectivity index (χ0) is 20.2. The molecule has 0 aliphatic carbocycles. The Labute approximate surface area is 166 Å². The number of rotatable bonds is 6. The summed E-state index contributed by atoms with van der Waals surface area (Å²) < 4.78 is 3.37. The van der Waals surface area contributed by atoms with Crippen LogP contribution in [0.4, 0.5) is 5.69 Å². The van der Waals surface area contributed by atoms with Crippen LogP contribution in [0, 0.1) is 0 Å². The third kappa shape index (κ3) is 3.87. The van der Waals surface area contributed by atoms with Crippen LogP contribution in [0.5, 0.6) is 0 Å². The van der Waals surface area contributed by atoms with Crippen molar-refractivity contribution in [3.63, 3.8) is 0 Å². The minimum atomic E-state index is -0.652. The first-order valence-electron chi connectivity index (χ1n) is 9.07. The Hall–Kier alpha value is -3.91. The second kappa shape index (κ2) is 7.99. The van der Waals surface area contributed by atoms with Gasteiger partial charge in [-0.1, -0.05) is 12.1 Å². The van der Waals surface area contributed by atoms with E-state index in [4.69, 9.17) is 5.21 Å². The summed E-state index contributed by atoms with van der Waals surface area (Å²) in [4.78, 5) is 24.4. The molecule has 0 radical (unpaired) electrons. The molecule has 146 valence electrons. The van der Waals surface area contributed by atoms with Gasteiger partial charge in [0.2, 0.25) is 0 Å². The first-order valence-corrected chi connectivity index (χ1v) is 9.07. The van der Waals surface area contributed by atoms with Gasteiger partial charge in [-0.05, 0) is 47.9 Å². The van der Waals surface area contributed by atoms with Gasteiger partial charge in [0, 0.05) is 48.3 Å². The number of hydroxylamine groups is 1. The minimum Gasteiger partial charge on any atom is -0.383 e. The van der Waals surface area contributed by atoms with Crippen molar-refractivity contribution in [1.82, 2.24) is 19.8 Å². The summed E-state index contributed by atoms with van der Waals surface area (Å²) in [7, 11) is 0. The van der Waals surface area contributed by atoms with Crippen molar-refractivity contribution in [3.05, 3.63) is 89.1 Å². The lowest BCUT2D eigenvalue weighted by Gasteiger charge is -2.11. The van der Waals surface area contributed by atoms with E-state index in [-0.39, 0.29) is 11.1 Å². The highest BCUT2D eigenvalue weighted by molar-refractivity contribution is 5.97. The Morgan fingerprint density at radius 2 is 1.97 bits per heavy atom. The molecule has 0 atom stereocenters. The van der Waals surface area contributed by atoms with Crippen LogP contribution in [-0.4, -0.2) is 32.0 Å². The van der Waals surface area contributed by atoms with Gasteiger partial charge >= 0.3 is 0 Å². The summed E-state index contributed by atoms with van der Waals surface area (Å²) in [5.41, 5.74) is 3.48. The number of pyridine rings is 1. The molecule has 4 rings (SSSR count). The summed E-state index contributed by atoms with van der Waals surface area (Å²) in [5, 5.41) is 17.5. The Kier molecular flexibility index (Phi) is 5.08. The van der Waals surface area contributed by atoms with Gasteiger partial charge < -0.3 is 9.88 Å². The fourth-order valence-electron chi connectivity index (χ4n) is 3.16. The molecule has 0 saturated carbocycles. The molecule has 2 heterocycles. The molecule has 0 spiro atoms. The van der Waals surface area contributed by atoms with Gasteiger partial charge in [0.1, 0.15) is 0 Å². The molecule has 29 heavy (non-hydrogen) atoms. The van der Waals surface area contributed by atoms with E-state index in [2.05, 4.69) is 10.4 Å². The number of nitrogens with one attached hydrogen (secondary N) is 2. The Morgan fingerprint density at radius 1 is 1.07 bits per heavy atom. The first-order chi connectivity index (χ1) is 14.2. The molecule has 2 aromatic heterocycles. The Morgan fingerprint density at radius 3 is 2.76 bits per heavy atom. The minimum absolute atomic E-state index is 0.192. The van der Waals surface area contributed by atoms with E-state index >= 15 is 0 Å². The quantitative estimate of drug-likeness (QED) is 0.347. The van der Waals surface area contributed by atoms with E-state index in [1.807, 2.05) is 42.6 Å². The summed E-state index contributed by atoms with van der Waals surface area (Å²) in [5.74, 6) is -0.652. The van der Waals surface area contributed by atoms with E-state index in [1.165, 1.54) is 6.07 Å². The number of hydrogen-bond donors (Lipinski definition) is 3. The molecule has 4 aromatic rings. The van der Waals surface area contributed by atoms with Crippen molar-refractivity contribution in [2.75, 3.05) is 11.9 Å². The number of carbonyl (C=O) groups excluding carboxylic acids is 1. The number of carbonyl (C=O) groups is 1. The van der Waals surface area contributed by atoms with Crippen molar-refractivity contribution in [1.29, 1.82) is 0 Å². The number of anilines is 1. The summed E-state index contributed by atoms with van der Waals surface area (Å²) in [6.07, 6.45) is 5.33. The van der Waals surface area contributed by atoms with E-state index in [0.29, 0.717) is 18.5 Å². The molecule has 3 N–H and O–H groups in total. The second-order valence-corrected chi connectivity index (χ2v) is 6.48. The second-order valence-electron chi connectivity index (χ2n) is 6.48. The van der Waals surface area contributed by atoms with Gasteiger partial charge in [-0.25, -0.2) is 10.2 Å². The number of nitrogens with zero attached hydrogens (tertiary/aromatic N) is 3. The standard InChI is InChI=1S/C21H19N5O3/c27-20(24-29)16-6-5-15-7-11-25(21(28)19(15)13-16)12-9-22-17-3-1-4-18(14-17)26-10-2-8-23-26/h1-8,10-11,13-14,22,29H,9,12H2,(H,24,27). The van der Waals surface area contributed by atoms with Gasteiger partial charge in [0.25, 0.3) is 11.5 Å². The molecule has 0 aliphatic heterocycles. The van der Waals surface area contributed by atoms with E-state index < -0.39 is 5.91 Å². The summed E-state index contributed by atoms with van der Waals surface area (Å²) in [6.45, 7) is 1.00. The van der Waals surface area contributed by atoms with Crippen LogP contribution >= 0.6 is 0 Å². The van der Waals surface area contributed by atoms with Gasteiger partial charge in [0.05, 0.1) is 5.69 Å². The van der Waals surface area contributed by atoms with Crippen LogP contribution in [0.2, 0.25) is 0 Å². The van der Waals surface area contributed by atoms with Crippen molar-refractivity contribution in [3.8, 4) is 5.69 Å². The highest BCUT2D eigenvalue weighted by Gasteiger charge is 2.08. The fraction of sp³-hybridized carbons (Fsp3) is 0.0952. The fourth-order valence-corrected chi connectivity index (χ4v) is 3.16.